The van der Waals surface area contributed by atoms with E-state index in [0.717, 1.165) is 12.1 Å². The van der Waals surface area contributed by atoms with Crippen molar-refractivity contribution in [3.63, 3.8) is 0 Å². The first kappa shape index (κ1) is 20.1. The number of morpholine rings is 1. The Kier molecular flexibility index (Phi) is 5.54. The first-order chi connectivity index (χ1) is 14.4. The van der Waals surface area contributed by atoms with Gasteiger partial charge in [-0.05, 0) is 42.5 Å². The molecule has 3 aromatic rings. The highest BCUT2D eigenvalue weighted by Gasteiger charge is 2.30. The van der Waals surface area contributed by atoms with E-state index in [-0.39, 0.29) is 17.5 Å². The number of halogens is 4. The van der Waals surface area contributed by atoms with Crippen molar-refractivity contribution in [3.8, 4) is 11.3 Å². The molecule has 1 saturated heterocycles. The molecular weight excluding hydrogens is 400 g/mol. The molecule has 0 spiro atoms. The highest BCUT2D eigenvalue weighted by atomic mass is 19.4. The fourth-order valence-electron chi connectivity index (χ4n) is 3.12. The lowest BCUT2D eigenvalue weighted by Crippen LogP contribution is -2.36. The van der Waals surface area contributed by atoms with Crippen LogP contribution in [0.1, 0.15) is 5.56 Å². The minimum atomic E-state index is -4.45. The summed E-state index contributed by atoms with van der Waals surface area (Å²) in [4.78, 5) is 10.9. The summed E-state index contributed by atoms with van der Waals surface area (Å²) < 4.78 is 57.8. The first-order valence-corrected chi connectivity index (χ1v) is 9.30. The average Bonchev–Trinajstić information content (AvgIpc) is 2.74. The normalized spacial score (nSPS) is 14.6. The summed E-state index contributed by atoms with van der Waals surface area (Å²) in [5.74, 6) is 0.392. The molecule has 1 aliphatic rings. The van der Waals surface area contributed by atoms with Crippen molar-refractivity contribution in [3.05, 3.63) is 66.0 Å². The Bertz CT molecular complexity index is 1020. The molecule has 1 aromatic heterocycles. The summed E-state index contributed by atoms with van der Waals surface area (Å²) in [5.41, 5.74) is 0.644. The molecule has 0 bridgehead atoms. The largest absolute Gasteiger partial charge is 0.416 e. The number of ether oxygens (including phenoxy) is 1. The second-order valence-electron chi connectivity index (χ2n) is 6.74. The summed E-state index contributed by atoms with van der Waals surface area (Å²) in [7, 11) is 0. The van der Waals surface area contributed by atoms with E-state index < -0.39 is 11.7 Å². The summed E-state index contributed by atoms with van der Waals surface area (Å²) in [6.07, 6.45) is -4.45. The zero-order valence-corrected chi connectivity index (χ0v) is 15.8. The quantitative estimate of drug-likeness (QED) is 0.612. The second-order valence-corrected chi connectivity index (χ2v) is 6.74. The molecule has 1 N–H and O–H groups in total. The standard InChI is InChI=1S/C21H18F4N4O/c22-16-6-4-14(5-7-16)18-13-19(29-8-10-30-11-9-29)28-20(27-18)26-17-3-1-2-15(12-17)21(23,24)25/h1-7,12-13H,8-11H2,(H,26,27,28). The molecule has 1 fully saturated rings. The second kappa shape index (κ2) is 8.27. The number of alkyl halides is 3. The van der Waals surface area contributed by atoms with Crippen LogP contribution in [0.15, 0.2) is 54.6 Å². The molecule has 0 amide bonds. The van der Waals surface area contributed by atoms with Gasteiger partial charge in [-0.25, -0.2) is 9.37 Å². The van der Waals surface area contributed by atoms with Gasteiger partial charge in [0.25, 0.3) is 0 Å². The molecule has 156 valence electrons. The van der Waals surface area contributed by atoms with Gasteiger partial charge in [-0.3, -0.25) is 0 Å². The van der Waals surface area contributed by atoms with Gasteiger partial charge in [0.15, 0.2) is 0 Å². The van der Waals surface area contributed by atoms with Gasteiger partial charge in [0, 0.05) is 30.4 Å². The lowest BCUT2D eigenvalue weighted by molar-refractivity contribution is -0.137. The SMILES string of the molecule is Fc1ccc(-c2cc(N3CCOCC3)nc(Nc3cccc(C(F)(F)F)c3)n2)cc1. The molecule has 0 unspecified atom stereocenters. The van der Waals surface area contributed by atoms with E-state index in [1.54, 1.807) is 18.2 Å². The Hall–Kier alpha value is -3.20. The van der Waals surface area contributed by atoms with Gasteiger partial charge in [-0.1, -0.05) is 6.07 Å². The summed E-state index contributed by atoms with van der Waals surface area (Å²) >= 11 is 0. The molecular formula is C21H18F4N4O. The van der Waals surface area contributed by atoms with Gasteiger partial charge >= 0.3 is 6.18 Å². The Labute approximate surface area is 170 Å². The van der Waals surface area contributed by atoms with Crippen LogP contribution in [0.3, 0.4) is 0 Å². The molecule has 30 heavy (non-hydrogen) atoms. The highest BCUT2D eigenvalue weighted by molar-refractivity contribution is 5.67. The molecule has 2 heterocycles. The predicted octanol–water partition coefficient (Wildman–Crippen LogP) is 4.88. The monoisotopic (exact) mass is 418 g/mol. The number of benzene rings is 2. The van der Waals surface area contributed by atoms with Crippen LogP contribution >= 0.6 is 0 Å². The van der Waals surface area contributed by atoms with Crippen molar-refractivity contribution in [2.45, 2.75) is 6.18 Å². The Morgan fingerprint density at radius 1 is 0.933 bits per heavy atom. The minimum absolute atomic E-state index is 0.151. The van der Waals surface area contributed by atoms with Gasteiger partial charge in [0.2, 0.25) is 5.95 Å². The van der Waals surface area contributed by atoms with Gasteiger partial charge < -0.3 is 15.0 Å². The van der Waals surface area contributed by atoms with E-state index in [4.69, 9.17) is 4.74 Å². The molecule has 1 aliphatic heterocycles. The Balaban J connectivity index is 1.71. The van der Waals surface area contributed by atoms with Gasteiger partial charge in [-0.2, -0.15) is 18.2 Å². The maximum atomic E-state index is 13.3. The van der Waals surface area contributed by atoms with E-state index >= 15 is 0 Å². The van der Waals surface area contributed by atoms with Crippen molar-refractivity contribution >= 4 is 17.5 Å². The smallest absolute Gasteiger partial charge is 0.378 e. The maximum Gasteiger partial charge on any atom is 0.416 e. The molecule has 0 radical (unpaired) electrons. The fourth-order valence-corrected chi connectivity index (χ4v) is 3.12. The third-order valence-electron chi connectivity index (χ3n) is 4.63. The third kappa shape index (κ3) is 4.68. The van der Waals surface area contributed by atoms with Gasteiger partial charge in [0.05, 0.1) is 24.5 Å². The van der Waals surface area contributed by atoms with Crippen LogP contribution in [0.4, 0.5) is 35.0 Å². The number of nitrogens with one attached hydrogen (secondary N) is 1. The predicted molar refractivity (Wildman–Crippen MR) is 105 cm³/mol. The van der Waals surface area contributed by atoms with Crippen LogP contribution in [-0.4, -0.2) is 36.3 Å². The molecule has 0 atom stereocenters. The van der Waals surface area contributed by atoms with Crippen molar-refractivity contribution in [1.82, 2.24) is 9.97 Å². The van der Waals surface area contributed by atoms with E-state index in [1.807, 2.05) is 4.90 Å². The van der Waals surface area contributed by atoms with Crippen LogP contribution in [0.2, 0.25) is 0 Å². The van der Waals surface area contributed by atoms with Crippen molar-refractivity contribution in [2.24, 2.45) is 0 Å². The van der Waals surface area contributed by atoms with Crippen LogP contribution in [-0.2, 0) is 10.9 Å². The van der Waals surface area contributed by atoms with Crippen molar-refractivity contribution < 1.29 is 22.3 Å². The van der Waals surface area contributed by atoms with E-state index in [1.165, 1.54) is 24.3 Å². The average molecular weight is 418 g/mol. The van der Waals surface area contributed by atoms with Crippen LogP contribution < -0.4 is 10.2 Å². The molecule has 9 heteroatoms. The summed E-state index contributed by atoms with van der Waals surface area (Å²) in [6.45, 7) is 2.35. The van der Waals surface area contributed by atoms with Crippen molar-refractivity contribution in [2.75, 3.05) is 36.5 Å². The van der Waals surface area contributed by atoms with E-state index in [0.29, 0.717) is 43.4 Å². The zero-order valence-electron chi connectivity index (χ0n) is 15.8. The topological polar surface area (TPSA) is 50.3 Å². The number of anilines is 3. The lowest BCUT2D eigenvalue weighted by atomic mass is 10.1. The molecule has 0 aliphatic carbocycles. The Morgan fingerprint density at radius 3 is 2.37 bits per heavy atom. The van der Waals surface area contributed by atoms with Gasteiger partial charge in [0.1, 0.15) is 11.6 Å². The van der Waals surface area contributed by atoms with Gasteiger partial charge in [-0.15, -0.1) is 0 Å². The molecule has 5 nitrogen and oxygen atoms in total. The summed E-state index contributed by atoms with van der Waals surface area (Å²) in [5, 5.41) is 2.86. The molecule has 0 saturated carbocycles. The number of aromatic nitrogens is 2. The number of hydrogen-bond acceptors (Lipinski definition) is 5. The van der Waals surface area contributed by atoms with Crippen LogP contribution in [0, 0.1) is 5.82 Å². The maximum absolute atomic E-state index is 13.3. The minimum Gasteiger partial charge on any atom is -0.378 e. The molecule has 4 rings (SSSR count). The van der Waals surface area contributed by atoms with E-state index in [9.17, 15) is 17.6 Å². The number of hydrogen-bond donors (Lipinski definition) is 1. The fraction of sp³-hybridized carbons (Fsp3) is 0.238. The third-order valence-corrected chi connectivity index (χ3v) is 4.63. The number of rotatable bonds is 4. The van der Waals surface area contributed by atoms with E-state index in [2.05, 4.69) is 15.3 Å². The summed E-state index contributed by atoms with van der Waals surface area (Å²) in [6, 6.07) is 12.4. The van der Waals surface area contributed by atoms with Crippen LogP contribution in [0.25, 0.3) is 11.3 Å². The number of nitrogens with zero attached hydrogens (tertiary/aromatic N) is 3. The highest BCUT2D eigenvalue weighted by Crippen LogP contribution is 2.32. The van der Waals surface area contributed by atoms with Crippen LogP contribution in [0.5, 0.6) is 0 Å². The Morgan fingerprint density at radius 2 is 1.67 bits per heavy atom. The molecule has 2 aromatic carbocycles. The lowest BCUT2D eigenvalue weighted by Gasteiger charge is -2.28. The zero-order chi connectivity index (χ0) is 21.1. The first-order valence-electron chi connectivity index (χ1n) is 9.30. The van der Waals surface area contributed by atoms with Crippen molar-refractivity contribution in [1.29, 1.82) is 0 Å².